The Bertz CT molecular complexity index is 655. The number of hydrogen-bond donors (Lipinski definition) is 0. The van der Waals surface area contributed by atoms with Crippen molar-refractivity contribution in [2.24, 2.45) is 10.3 Å². The maximum Gasteiger partial charge on any atom is 0.120 e. The van der Waals surface area contributed by atoms with Gasteiger partial charge in [0.2, 0.25) is 0 Å². The van der Waals surface area contributed by atoms with Gasteiger partial charge in [-0.1, -0.05) is 35.6 Å². The van der Waals surface area contributed by atoms with E-state index in [1.165, 1.54) is 0 Å². The van der Waals surface area contributed by atoms with Crippen molar-refractivity contribution in [3.05, 3.63) is 60.9 Å². The number of fused-ring (bicyclic) bond motifs is 1. The number of rotatable bonds is 2. The molecule has 0 aliphatic heterocycles. The molecule has 0 aliphatic rings. The maximum atomic E-state index is 4.24. The number of aromatic nitrogens is 2. The van der Waals surface area contributed by atoms with Gasteiger partial charge in [-0.25, -0.2) is 9.66 Å². The van der Waals surface area contributed by atoms with Crippen LogP contribution in [0.2, 0.25) is 0 Å². The van der Waals surface area contributed by atoms with E-state index in [0.717, 1.165) is 16.7 Å². The molecule has 0 unspecified atom stereocenters. The Morgan fingerprint density at radius 3 is 2.53 bits per heavy atom. The molecule has 17 heavy (non-hydrogen) atoms. The van der Waals surface area contributed by atoms with Crippen molar-refractivity contribution < 1.29 is 0 Å². The van der Waals surface area contributed by atoms with Crippen molar-refractivity contribution in [2.45, 2.75) is 0 Å². The van der Waals surface area contributed by atoms with Gasteiger partial charge in [-0.2, -0.15) is 0 Å². The topological polar surface area (TPSA) is 42.5 Å². The standard InChI is InChI=1S/C13H10N4/c1-2-6-11(7-3-1)15-16-17-10-14-12-8-4-5-9-13(12)17/h1-10H. The monoisotopic (exact) mass is 222 g/mol. The van der Waals surface area contributed by atoms with Crippen molar-refractivity contribution >= 4 is 16.7 Å². The Labute approximate surface area is 98.2 Å². The first-order valence-corrected chi connectivity index (χ1v) is 5.33. The van der Waals surface area contributed by atoms with Crippen LogP contribution in [-0.2, 0) is 0 Å². The molecule has 0 spiro atoms. The summed E-state index contributed by atoms with van der Waals surface area (Å²) in [7, 11) is 0. The Balaban J connectivity index is 1.98. The quantitative estimate of drug-likeness (QED) is 0.611. The second kappa shape index (κ2) is 4.17. The van der Waals surface area contributed by atoms with Crippen molar-refractivity contribution in [2.75, 3.05) is 0 Å². The normalized spacial score (nSPS) is 11.3. The maximum absolute atomic E-state index is 4.24. The highest BCUT2D eigenvalue weighted by Crippen LogP contribution is 2.14. The molecule has 4 nitrogen and oxygen atoms in total. The van der Waals surface area contributed by atoms with Crippen LogP contribution in [0.3, 0.4) is 0 Å². The van der Waals surface area contributed by atoms with E-state index in [1.807, 2.05) is 54.6 Å². The van der Waals surface area contributed by atoms with Gasteiger partial charge < -0.3 is 0 Å². The fourth-order valence-corrected chi connectivity index (χ4v) is 1.61. The van der Waals surface area contributed by atoms with Gasteiger partial charge in [-0.05, 0) is 24.3 Å². The van der Waals surface area contributed by atoms with Crippen LogP contribution < -0.4 is 0 Å². The number of benzene rings is 2. The highest BCUT2D eigenvalue weighted by atomic mass is 15.5. The van der Waals surface area contributed by atoms with Crippen LogP contribution in [0.1, 0.15) is 0 Å². The first-order chi connectivity index (χ1) is 8.43. The molecule has 3 aromatic rings. The van der Waals surface area contributed by atoms with E-state index < -0.39 is 0 Å². The van der Waals surface area contributed by atoms with Crippen LogP contribution in [0.25, 0.3) is 11.0 Å². The molecule has 0 saturated carbocycles. The van der Waals surface area contributed by atoms with E-state index in [0.29, 0.717) is 0 Å². The van der Waals surface area contributed by atoms with E-state index in [2.05, 4.69) is 15.3 Å². The molecule has 0 saturated heterocycles. The fraction of sp³-hybridized carbons (Fsp3) is 0. The number of para-hydroxylation sites is 2. The van der Waals surface area contributed by atoms with Gasteiger partial charge in [0.15, 0.2) is 0 Å². The van der Waals surface area contributed by atoms with Crippen LogP contribution in [0.15, 0.2) is 71.3 Å². The predicted octanol–water partition coefficient (Wildman–Crippen LogP) is 3.58. The van der Waals surface area contributed by atoms with Gasteiger partial charge in [0, 0.05) is 0 Å². The van der Waals surface area contributed by atoms with Crippen molar-refractivity contribution in [1.82, 2.24) is 9.66 Å². The zero-order valence-electron chi connectivity index (χ0n) is 9.06. The molecule has 1 heterocycles. The predicted molar refractivity (Wildman–Crippen MR) is 66.1 cm³/mol. The summed E-state index contributed by atoms with van der Waals surface area (Å²) in [6, 6.07) is 17.4. The van der Waals surface area contributed by atoms with E-state index >= 15 is 0 Å². The van der Waals surface area contributed by atoms with Gasteiger partial charge in [0.05, 0.1) is 16.7 Å². The fourth-order valence-electron chi connectivity index (χ4n) is 1.61. The molecule has 0 amide bonds. The SMILES string of the molecule is c1ccc(N=Nn2cnc3ccccc32)cc1. The molecule has 4 heteroatoms. The third-order valence-corrected chi connectivity index (χ3v) is 2.45. The van der Waals surface area contributed by atoms with Gasteiger partial charge in [-0.15, -0.1) is 5.11 Å². The average molecular weight is 222 g/mol. The van der Waals surface area contributed by atoms with Crippen molar-refractivity contribution in [3.63, 3.8) is 0 Å². The minimum atomic E-state index is 0.824. The summed E-state index contributed by atoms with van der Waals surface area (Å²) in [5, 5.41) is 8.29. The molecule has 0 radical (unpaired) electrons. The van der Waals surface area contributed by atoms with Crippen LogP contribution in [0, 0.1) is 0 Å². The molecule has 1 aromatic heterocycles. The van der Waals surface area contributed by atoms with Crippen molar-refractivity contribution in [1.29, 1.82) is 0 Å². The lowest BCUT2D eigenvalue weighted by Gasteiger charge is -1.93. The molecular formula is C13H10N4. The highest BCUT2D eigenvalue weighted by Gasteiger charge is 1.98. The summed E-state index contributed by atoms with van der Waals surface area (Å²) in [6.45, 7) is 0. The van der Waals surface area contributed by atoms with Gasteiger partial charge in [0.25, 0.3) is 0 Å². The second-order valence-electron chi connectivity index (χ2n) is 3.60. The van der Waals surface area contributed by atoms with Crippen molar-refractivity contribution in [3.8, 4) is 0 Å². The van der Waals surface area contributed by atoms with E-state index in [4.69, 9.17) is 0 Å². The summed E-state index contributed by atoms with van der Waals surface area (Å²) < 4.78 is 1.67. The van der Waals surface area contributed by atoms with Crippen LogP contribution in [0.4, 0.5) is 5.69 Å². The molecule has 0 fully saturated rings. The lowest BCUT2D eigenvalue weighted by Crippen LogP contribution is -1.82. The lowest BCUT2D eigenvalue weighted by atomic mass is 10.3. The summed E-state index contributed by atoms with van der Waals surface area (Å²) in [4.78, 5) is 4.24. The van der Waals surface area contributed by atoms with Gasteiger partial charge in [-0.3, -0.25) is 0 Å². The minimum Gasteiger partial charge on any atom is -0.235 e. The minimum absolute atomic E-state index is 0.824. The smallest absolute Gasteiger partial charge is 0.120 e. The van der Waals surface area contributed by atoms with Crippen LogP contribution in [-0.4, -0.2) is 9.66 Å². The zero-order chi connectivity index (χ0) is 11.5. The number of imidazole rings is 1. The highest BCUT2D eigenvalue weighted by molar-refractivity contribution is 5.74. The molecule has 3 rings (SSSR count). The Kier molecular flexibility index (Phi) is 2.38. The van der Waals surface area contributed by atoms with Gasteiger partial charge >= 0.3 is 0 Å². The van der Waals surface area contributed by atoms with E-state index in [1.54, 1.807) is 11.0 Å². The van der Waals surface area contributed by atoms with Gasteiger partial charge in [0.1, 0.15) is 6.33 Å². The zero-order valence-corrected chi connectivity index (χ0v) is 9.06. The molecule has 0 aliphatic carbocycles. The number of nitrogens with zero attached hydrogens (tertiary/aromatic N) is 4. The molecule has 82 valence electrons. The largest absolute Gasteiger partial charge is 0.235 e. The molecule has 0 N–H and O–H groups in total. The summed E-state index contributed by atoms with van der Waals surface area (Å²) >= 11 is 0. The summed E-state index contributed by atoms with van der Waals surface area (Å²) in [5.74, 6) is 0. The molecule has 2 aromatic carbocycles. The molecule has 0 atom stereocenters. The first-order valence-electron chi connectivity index (χ1n) is 5.33. The summed E-state index contributed by atoms with van der Waals surface area (Å²) in [5.41, 5.74) is 2.69. The second-order valence-corrected chi connectivity index (χ2v) is 3.60. The lowest BCUT2D eigenvalue weighted by molar-refractivity contribution is 0.829. The Morgan fingerprint density at radius 1 is 0.882 bits per heavy atom. The van der Waals surface area contributed by atoms with E-state index in [-0.39, 0.29) is 0 Å². The molecule has 0 bridgehead atoms. The number of hydrogen-bond acceptors (Lipinski definition) is 3. The average Bonchev–Trinajstić information content (AvgIpc) is 2.81. The van der Waals surface area contributed by atoms with E-state index in [9.17, 15) is 0 Å². The molecular weight excluding hydrogens is 212 g/mol. The Hall–Kier alpha value is -2.49. The third kappa shape index (κ3) is 1.92. The Morgan fingerprint density at radius 2 is 1.65 bits per heavy atom. The first kappa shape index (κ1) is 9.72. The summed E-state index contributed by atoms with van der Waals surface area (Å²) in [6.07, 6.45) is 1.66. The van der Waals surface area contributed by atoms with Crippen LogP contribution >= 0.6 is 0 Å². The van der Waals surface area contributed by atoms with Crippen LogP contribution in [0.5, 0.6) is 0 Å². The third-order valence-electron chi connectivity index (χ3n) is 2.45.